The molecule has 0 heterocycles. The molecule has 0 spiro atoms. The van der Waals surface area contributed by atoms with Gasteiger partial charge in [-0.15, -0.1) is 0 Å². The second-order valence-corrected chi connectivity index (χ2v) is 4.97. The van der Waals surface area contributed by atoms with Crippen LogP contribution in [-0.4, -0.2) is 37.4 Å². The van der Waals surface area contributed by atoms with Crippen molar-refractivity contribution in [2.45, 2.75) is 26.7 Å². The maximum atomic E-state index is 11.6. The van der Waals surface area contributed by atoms with Gasteiger partial charge in [-0.3, -0.25) is 4.79 Å². The van der Waals surface area contributed by atoms with E-state index in [0.29, 0.717) is 18.9 Å². The fourth-order valence-corrected chi connectivity index (χ4v) is 1.77. The van der Waals surface area contributed by atoms with Crippen LogP contribution in [-0.2, 0) is 4.79 Å². The minimum Gasteiger partial charge on any atom is -0.494 e. The molecule has 0 aliphatic rings. The van der Waals surface area contributed by atoms with Crippen molar-refractivity contribution in [3.63, 3.8) is 0 Å². The Hall–Kier alpha value is -1.75. The first kappa shape index (κ1) is 17.3. The van der Waals surface area contributed by atoms with E-state index in [-0.39, 0.29) is 25.0 Å². The van der Waals surface area contributed by atoms with Crippen molar-refractivity contribution in [2.75, 3.05) is 26.4 Å². The van der Waals surface area contributed by atoms with Crippen LogP contribution in [0.3, 0.4) is 0 Å². The fourth-order valence-electron chi connectivity index (χ4n) is 1.77. The van der Waals surface area contributed by atoms with Gasteiger partial charge in [0.25, 0.3) is 5.91 Å². The van der Waals surface area contributed by atoms with E-state index in [4.69, 9.17) is 14.6 Å². The van der Waals surface area contributed by atoms with Crippen molar-refractivity contribution in [2.24, 2.45) is 5.92 Å². The van der Waals surface area contributed by atoms with Crippen molar-refractivity contribution in [3.05, 3.63) is 24.3 Å². The molecule has 1 atom stereocenters. The molecule has 0 radical (unpaired) electrons. The minimum absolute atomic E-state index is 0.00351. The average Bonchev–Trinajstić information content (AvgIpc) is 2.51. The topological polar surface area (TPSA) is 67.8 Å². The monoisotopic (exact) mass is 295 g/mol. The molecule has 1 rings (SSSR count). The highest BCUT2D eigenvalue weighted by molar-refractivity contribution is 5.77. The minimum atomic E-state index is -0.138. The molecule has 5 nitrogen and oxygen atoms in total. The summed E-state index contributed by atoms with van der Waals surface area (Å²) in [5.74, 6) is 1.57. The Kier molecular flexibility index (Phi) is 8.28. The SMILES string of the molecule is CCOc1ccc(OCC(=O)NCCCC(C)CO)cc1. The van der Waals surface area contributed by atoms with Crippen LogP contribution in [0.5, 0.6) is 11.5 Å². The van der Waals surface area contributed by atoms with Gasteiger partial charge in [0.1, 0.15) is 11.5 Å². The molecule has 1 amide bonds. The first-order chi connectivity index (χ1) is 10.2. The summed E-state index contributed by atoms with van der Waals surface area (Å²) in [4.78, 5) is 11.6. The van der Waals surface area contributed by atoms with Crippen LogP contribution in [0.1, 0.15) is 26.7 Å². The van der Waals surface area contributed by atoms with Crippen LogP contribution in [0.25, 0.3) is 0 Å². The molecule has 0 aliphatic heterocycles. The standard InChI is InChI=1S/C16H25NO4/c1-3-20-14-6-8-15(9-7-14)21-12-16(19)17-10-4-5-13(2)11-18/h6-9,13,18H,3-5,10-12H2,1-2H3,(H,17,19). The van der Waals surface area contributed by atoms with Crippen molar-refractivity contribution in [3.8, 4) is 11.5 Å². The number of aliphatic hydroxyl groups excluding tert-OH is 1. The smallest absolute Gasteiger partial charge is 0.257 e. The highest BCUT2D eigenvalue weighted by Gasteiger charge is 2.04. The number of carbonyl (C=O) groups is 1. The van der Waals surface area contributed by atoms with Crippen LogP contribution >= 0.6 is 0 Å². The van der Waals surface area contributed by atoms with E-state index in [1.807, 2.05) is 26.0 Å². The predicted octanol–water partition coefficient (Wildman–Crippen LogP) is 1.99. The second-order valence-electron chi connectivity index (χ2n) is 4.97. The summed E-state index contributed by atoms with van der Waals surface area (Å²) in [6, 6.07) is 7.18. The van der Waals surface area contributed by atoms with Crippen LogP contribution in [0.15, 0.2) is 24.3 Å². The first-order valence-corrected chi connectivity index (χ1v) is 7.39. The number of carbonyl (C=O) groups excluding carboxylic acids is 1. The predicted molar refractivity (Wildman–Crippen MR) is 81.6 cm³/mol. The zero-order chi connectivity index (χ0) is 15.5. The van der Waals surface area contributed by atoms with Crippen molar-refractivity contribution in [1.82, 2.24) is 5.32 Å². The summed E-state index contributed by atoms with van der Waals surface area (Å²) in [6.45, 7) is 5.33. The molecule has 21 heavy (non-hydrogen) atoms. The quantitative estimate of drug-likeness (QED) is 0.648. The number of benzene rings is 1. The lowest BCUT2D eigenvalue weighted by Crippen LogP contribution is -2.29. The lowest BCUT2D eigenvalue weighted by Gasteiger charge is -2.10. The third-order valence-corrected chi connectivity index (χ3v) is 3.01. The van der Waals surface area contributed by atoms with Crippen LogP contribution in [0.4, 0.5) is 0 Å². The molecule has 0 fully saturated rings. The third-order valence-electron chi connectivity index (χ3n) is 3.01. The summed E-state index contributed by atoms with van der Waals surface area (Å²) in [5, 5.41) is 11.7. The van der Waals surface area contributed by atoms with Gasteiger partial charge in [0.15, 0.2) is 6.61 Å². The van der Waals surface area contributed by atoms with Gasteiger partial charge in [-0.25, -0.2) is 0 Å². The molecule has 0 aromatic heterocycles. The molecule has 118 valence electrons. The molecule has 2 N–H and O–H groups in total. The number of amides is 1. The number of hydrogen-bond acceptors (Lipinski definition) is 4. The van der Waals surface area contributed by atoms with E-state index >= 15 is 0 Å². The number of ether oxygens (including phenoxy) is 2. The van der Waals surface area contributed by atoms with Gasteiger partial charge in [-0.1, -0.05) is 6.92 Å². The van der Waals surface area contributed by atoms with Crippen LogP contribution < -0.4 is 14.8 Å². The molecule has 5 heteroatoms. The number of aliphatic hydroxyl groups is 1. The van der Waals surface area contributed by atoms with E-state index in [0.717, 1.165) is 18.6 Å². The van der Waals surface area contributed by atoms with E-state index in [1.165, 1.54) is 0 Å². The van der Waals surface area contributed by atoms with Crippen molar-refractivity contribution >= 4 is 5.91 Å². The van der Waals surface area contributed by atoms with E-state index in [9.17, 15) is 4.79 Å². The van der Waals surface area contributed by atoms with E-state index in [2.05, 4.69) is 5.32 Å². The van der Waals surface area contributed by atoms with Gasteiger partial charge in [-0.2, -0.15) is 0 Å². The molecule has 1 aromatic carbocycles. The van der Waals surface area contributed by atoms with Crippen LogP contribution in [0, 0.1) is 5.92 Å². The highest BCUT2D eigenvalue weighted by Crippen LogP contribution is 2.17. The van der Waals surface area contributed by atoms with Gasteiger partial charge in [0.2, 0.25) is 0 Å². The lowest BCUT2D eigenvalue weighted by atomic mass is 10.1. The maximum Gasteiger partial charge on any atom is 0.257 e. The Balaban J connectivity index is 2.17. The molecule has 0 saturated heterocycles. The van der Waals surface area contributed by atoms with Gasteiger partial charge in [-0.05, 0) is 49.9 Å². The second kappa shape index (κ2) is 10.0. The summed E-state index contributed by atoms with van der Waals surface area (Å²) >= 11 is 0. The molecule has 0 bridgehead atoms. The highest BCUT2D eigenvalue weighted by atomic mass is 16.5. The van der Waals surface area contributed by atoms with E-state index < -0.39 is 0 Å². The summed E-state index contributed by atoms with van der Waals surface area (Å²) < 4.78 is 10.7. The Bertz CT molecular complexity index is 405. The van der Waals surface area contributed by atoms with Gasteiger partial charge >= 0.3 is 0 Å². The van der Waals surface area contributed by atoms with Gasteiger partial charge in [0, 0.05) is 13.2 Å². The molecule has 1 unspecified atom stereocenters. The Morgan fingerprint density at radius 1 is 1.24 bits per heavy atom. The third kappa shape index (κ3) is 7.56. The average molecular weight is 295 g/mol. The number of rotatable bonds is 10. The molecule has 1 aromatic rings. The largest absolute Gasteiger partial charge is 0.494 e. The van der Waals surface area contributed by atoms with Gasteiger partial charge in [0.05, 0.1) is 6.61 Å². The Labute approximate surface area is 126 Å². The molecular weight excluding hydrogens is 270 g/mol. The first-order valence-electron chi connectivity index (χ1n) is 7.39. The molecule has 0 saturated carbocycles. The zero-order valence-corrected chi connectivity index (χ0v) is 12.8. The van der Waals surface area contributed by atoms with Crippen LogP contribution in [0.2, 0.25) is 0 Å². The van der Waals surface area contributed by atoms with Gasteiger partial charge < -0.3 is 19.9 Å². The van der Waals surface area contributed by atoms with E-state index in [1.54, 1.807) is 12.1 Å². The molecule has 0 aliphatic carbocycles. The summed E-state index contributed by atoms with van der Waals surface area (Å²) in [5.41, 5.74) is 0. The van der Waals surface area contributed by atoms with Crippen molar-refractivity contribution < 1.29 is 19.4 Å². The summed E-state index contributed by atoms with van der Waals surface area (Å²) in [7, 11) is 0. The summed E-state index contributed by atoms with van der Waals surface area (Å²) in [6.07, 6.45) is 1.76. The molecular formula is C16H25NO4. The van der Waals surface area contributed by atoms with Crippen molar-refractivity contribution in [1.29, 1.82) is 0 Å². The Morgan fingerprint density at radius 2 is 1.86 bits per heavy atom. The Morgan fingerprint density at radius 3 is 2.43 bits per heavy atom. The maximum absolute atomic E-state index is 11.6. The lowest BCUT2D eigenvalue weighted by molar-refractivity contribution is -0.123. The zero-order valence-electron chi connectivity index (χ0n) is 12.8. The number of nitrogens with one attached hydrogen (secondary N) is 1. The fraction of sp³-hybridized carbons (Fsp3) is 0.562. The number of hydrogen-bond donors (Lipinski definition) is 2. The normalized spacial score (nSPS) is 11.8.